The molecule has 0 saturated carbocycles. The number of hydrogen-bond acceptors (Lipinski definition) is 0. The molecule has 1 radical (unpaired) electrons. The number of aryl methyl sites for hydroxylation is 1. The van der Waals surface area contributed by atoms with E-state index in [4.69, 9.17) is 0 Å². The van der Waals surface area contributed by atoms with E-state index in [9.17, 15) is 18.3 Å². The maximum atomic E-state index is 12.8. The Morgan fingerprint density at radius 1 is 1.00 bits per heavy atom. The van der Waals surface area contributed by atoms with Crippen molar-refractivity contribution >= 4 is 0 Å². The van der Waals surface area contributed by atoms with Gasteiger partial charge in [-0.25, -0.2) is 18.3 Å². The zero-order valence-corrected chi connectivity index (χ0v) is 6.82. The first-order valence-electron chi connectivity index (χ1n) is 3.86. The normalized spacial score (nSPS) is 10.5. The van der Waals surface area contributed by atoms with Crippen LogP contribution >= 0.6 is 0 Å². The molecule has 0 fully saturated rings. The van der Waals surface area contributed by atoms with Gasteiger partial charge >= 0.3 is 0 Å². The fourth-order valence-electron chi connectivity index (χ4n) is 1.02. The zero-order chi connectivity index (χ0) is 9.84. The minimum Gasteiger partial charge on any atom is -0.237 e. The smallest absolute Gasteiger partial charge is 0.161 e. The molecule has 0 amide bonds. The highest BCUT2D eigenvalue weighted by Crippen LogP contribution is 2.14. The predicted octanol–water partition coefficient (Wildman–Crippen LogP) is 2.47. The van der Waals surface area contributed by atoms with Crippen LogP contribution in [-0.4, -0.2) is 6.61 Å². The lowest BCUT2D eigenvalue weighted by molar-refractivity contribution is 0.189. The summed E-state index contributed by atoms with van der Waals surface area (Å²) in [5.41, 5.74) is 0.0507. The maximum absolute atomic E-state index is 12.8. The van der Waals surface area contributed by atoms with Crippen LogP contribution in [0.2, 0.25) is 0 Å². The molecule has 0 atom stereocenters. The average Bonchev–Trinajstić information content (AvgIpc) is 2.09. The Hall–Kier alpha value is -1.03. The van der Waals surface area contributed by atoms with E-state index in [0.717, 1.165) is 6.07 Å². The van der Waals surface area contributed by atoms with E-state index in [0.29, 0.717) is 6.07 Å². The molecule has 0 saturated heterocycles. The molecular formula is C9H8F3O. The van der Waals surface area contributed by atoms with Crippen LogP contribution in [0.15, 0.2) is 12.1 Å². The molecule has 71 valence electrons. The predicted molar refractivity (Wildman–Crippen MR) is 40.2 cm³/mol. The molecule has 0 N–H and O–H groups in total. The van der Waals surface area contributed by atoms with E-state index >= 15 is 0 Å². The summed E-state index contributed by atoms with van der Waals surface area (Å²) in [5.74, 6) is -3.09. The third-order valence-corrected chi connectivity index (χ3v) is 1.68. The molecule has 0 aliphatic heterocycles. The standard InChI is InChI=1S/C9H8F3O/c10-7-5-9(12)8(11)4-6(7)2-1-3-13/h4-5H,1-3H2. The second-order valence-electron chi connectivity index (χ2n) is 2.67. The monoisotopic (exact) mass is 189 g/mol. The van der Waals surface area contributed by atoms with E-state index in [-0.39, 0.29) is 25.0 Å². The zero-order valence-electron chi connectivity index (χ0n) is 6.82. The third kappa shape index (κ3) is 2.45. The lowest BCUT2D eigenvalue weighted by Gasteiger charge is -2.01. The molecule has 0 heterocycles. The molecule has 4 heteroatoms. The van der Waals surface area contributed by atoms with Crippen LogP contribution in [0.5, 0.6) is 0 Å². The van der Waals surface area contributed by atoms with Crippen molar-refractivity contribution < 1.29 is 18.3 Å². The molecule has 0 unspecified atom stereocenters. The quantitative estimate of drug-likeness (QED) is 0.651. The molecule has 13 heavy (non-hydrogen) atoms. The molecule has 0 aromatic heterocycles. The lowest BCUT2D eigenvalue weighted by Crippen LogP contribution is -1.96. The highest BCUT2D eigenvalue weighted by molar-refractivity contribution is 5.20. The van der Waals surface area contributed by atoms with Gasteiger partial charge in [0, 0.05) is 6.07 Å². The summed E-state index contributed by atoms with van der Waals surface area (Å²) in [6.45, 7) is -0.349. The molecule has 0 bridgehead atoms. The molecule has 1 aromatic carbocycles. The fourth-order valence-corrected chi connectivity index (χ4v) is 1.02. The van der Waals surface area contributed by atoms with Crippen molar-refractivity contribution in [3.8, 4) is 0 Å². The SMILES string of the molecule is [O]CCCc1cc(F)c(F)cc1F. The highest BCUT2D eigenvalue weighted by Gasteiger charge is 2.08. The Labute approximate surface area is 73.8 Å². The largest absolute Gasteiger partial charge is 0.237 e. The first-order valence-corrected chi connectivity index (χ1v) is 3.86. The highest BCUT2D eigenvalue weighted by atomic mass is 19.2. The Kier molecular flexibility index (Phi) is 3.31. The van der Waals surface area contributed by atoms with Crippen LogP contribution in [0, 0.1) is 17.5 Å². The van der Waals surface area contributed by atoms with Gasteiger partial charge in [-0.3, -0.25) is 0 Å². The van der Waals surface area contributed by atoms with Gasteiger partial charge in [0.05, 0.1) is 6.61 Å². The second-order valence-corrected chi connectivity index (χ2v) is 2.67. The van der Waals surface area contributed by atoms with Crippen molar-refractivity contribution in [2.75, 3.05) is 6.61 Å². The van der Waals surface area contributed by atoms with Crippen LogP contribution < -0.4 is 0 Å². The van der Waals surface area contributed by atoms with Crippen molar-refractivity contribution in [2.45, 2.75) is 12.8 Å². The average molecular weight is 189 g/mol. The van der Waals surface area contributed by atoms with Crippen LogP contribution in [0.3, 0.4) is 0 Å². The lowest BCUT2D eigenvalue weighted by atomic mass is 10.1. The summed E-state index contributed by atoms with van der Waals surface area (Å²) in [6, 6.07) is 1.29. The van der Waals surface area contributed by atoms with Crippen LogP contribution in [0.4, 0.5) is 13.2 Å². The third-order valence-electron chi connectivity index (χ3n) is 1.68. The number of halogens is 3. The van der Waals surface area contributed by atoms with E-state index in [2.05, 4.69) is 0 Å². The number of hydrogen-bond donors (Lipinski definition) is 0. The molecule has 0 spiro atoms. The number of benzene rings is 1. The van der Waals surface area contributed by atoms with Crippen molar-refractivity contribution in [3.63, 3.8) is 0 Å². The maximum Gasteiger partial charge on any atom is 0.161 e. The van der Waals surface area contributed by atoms with Crippen molar-refractivity contribution in [3.05, 3.63) is 35.1 Å². The summed E-state index contributed by atoms with van der Waals surface area (Å²) < 4.78 is 37.8. The van der Waals surface area contributed by atoms with Crippen LogP contribution in [-0.2, 0) is 11.5 Å². The summed E-state index contributed by atoms with van der Waals surface area (Å²) >= 11 is 0. The molecule has 1 rings (SSSR count). The van der Waals surface area contributed by atoms with Crippen molar-refractivity contribution in [1.29, 1.82) is 0 Å². The molecule has 1 nitrogen and oxygen atoms in total. The summed E-state index contributed by atoms with van der Waals surface area (Å²) in [7, 11) is 0. The summed E-state index contributed by atoms with van der Waals surface area (Å²) in [4.78, 5) is 0. The van der Waals surface area contributed by atoms with Gasteiger partial charge in [-0.1, -0.05) is 0 Å². The fraction of sp³-hybridized carbons (Fsp3) is 0.333. The molecular weight excluding hydrogens is 181 g/mol. The van der Waals surface area contributed by atoms with E-state index in [1.807, 2.05) is 0 Å². The minimum atomic E-state index is -1.21. The Bertz CT molecular complexity index is 299. The first-order chi connectivity index (χ1) is 6.15. The van der Waals surface area contributed by atoms with Gasteiger partial charge in [0.15, 0.2) is 11.6 Å². The Morgan fingerprint density at radius 2 is 1.62 bits per heavy atom. The molecule has 0 aliphatic carbocycles. The van der Waals surface area contributed by atoms with E-state index < -0.39 is 17.5 Å². The van der Waals surface area contributed by atoms with E-state index in [1.54, 1.807) is 0 Å². The van der Waals surface area contributed by atoms with Crippen LogP contribution in [0.25, 0.3) is 0 Å². The minimum absolute atomic E-state index is 0.0507. The van der Waals surface area contributed by atoms with Gasteiger partial charge < -0.3 is 0 Å². The summed E-state index contributed by atoms with van der Waals surface area (Å²) in [6.07, 6.45) is 0.370. The number of rotatable bonds is 3. The van der Waals surface area contributed by atoms with Crippen molar-refractivity contribution in [2.24, 2.45) is 0 Å². The van der Waals surface area contributed by atoms with Gasteiger partial charge in [0.1, 0.15) is 5.82 Å². The summed E-state index contributed by atoms with van der Waals surface area (Å²) in [5, 5.41) is 10.1. The Balaban J connectivity index is 2.88. The van der Waals surface area contributed by atoms with Crippen molar-refractivity contribution in [1.82, 2.24) is 0 Å². The van der Waals surface area contributed by atoms with Gasteiger partial charge in [0.2, 0.25) is 0 Å². The molecule has 1 aromatic rings. The second kappa shape index (κ2) is 4.28. The van der Waals surface area contributed by atoms with Gasteiger partial charge in [0.25, 0.3) is 0 Å². The topological polar surface area (TPSA) is 19.9 Å². The first kappa shape index (κ1) is 10.1. The van der Waals surface area contributed by atoms with Gasteiger partial charge in [-0.05, 0) is 24.5 Å². The Morgan fingerprint density at radius 3 is 2.23 bits per heavy atom. The van der Waals surface area contributed by atoms with Gasteiger partial charge in [-0.2, -0.15) is 0 Å². The van der Waals surface area contributed by atoms with Crippen LogP contribution in [0.1, 0.15) is 12.0 Å². The van der Waals surface area contributed by atoms with Gasteiger partial charge in [-0.15, -0.1) is 0 Å². The van der Waals surface area contributed by atoms with E-state index in [1.165, 1.54) is 0 Å². The molecule has 0 aliphatic rings.